The van der Waals surface area contributed by atoms with Gasteiger partial charge in [0.2, 0.25) is 0 Å². The van der Waals surface area contributed by atoms with Crippen LogP contribution in [0.25, 0.3) is 27.9 Å². The predicted molar refractivity (Wildman–Crippen MR) is 81.3 cm³/mol. The van der Waals surface area contributed by atoms with Gasteiger partial charge >= 0.3 is 0 Å². The molecule has 4 aromatic rings. The number of fused-ring (bicyclic) bond motifs is 2. The fraction of sp³-hybridized carbons (Fsp3) is 0.0625. The zero-order valence-electron chi connectivity index (χ0n) is 11.4. The normalized spacial score (nSPS) is 11.3. The molecule has 1 aromatic carbocycles. The molecule has 0 aliphatic heterocycles. The van der Waals surface area contributed by atoms with Crippen LogP contribution >= 0.6 is 0 Å². The molecular weight excluding hydrogens is 264 g/mol. The lowest BCUT2D eigenvalue weighted by atomic mass is 10.1. The van der Waals surface area contributed by atoms with Gasteiger partial charge in [-0.3, -0.25) is 9.20 Å². The maximum atomic E-state index is 12.4. The first-order valence-corrected chi connectivity index (χ1v) is 6.67. The Kier molecular flexibility index (Phi) is 2.41. The molecule has 5 nitrogen and oxygen atoms in total. The summed E-state index contributed by atoms with van der Waals surface area (Å²) in [5, 5.41) is 9.23. The molecule has 0 bridgehead atoms. The van der Waals surface area contributed by atoms with E-state index in [0.717, 1.165) is 22.1 Å². The van der Waals surface area contributed by atoms with Crippen molar-refractivity contribution in [3.05, 3.63) is 64.6 Å². The molecule has 102 valence electrons. The van der Waals surface area contributed by atoms with Crippen LogP contribution < -0.4 is 5.56 Å². The molecule has 0 unspecified atom stereocenters. The minimum Gasteiger partial charge on any atom is -0.321 e. The fourth-order valence-corrected chi connectivity index (χ4v) is 2.57. The van der Waals surface area contributed by atoms with Crippen molar-refractivity contribution in [2.45, 2.75) is 6.92 Å². The molecule has 0 saturated carbocycles. The van der Waals surface area contributed by atoms with Gasteiger partial charge in [0.15, 0.2) is 11.5 Å². The number of aromatic amines is 1. The Morgan fingerprint density at radius 1 is 1.10 bits per heavy atom. The monoisotopic (exact) mass is 276 g/mol. The van der Waals surface area contributed by atoms with Gasteiger partial charge in [0.1, 0.15) is 0 Å². The Balaban J connectivity index is 2.07. The van der Waals surface area contributed by atoms with Crippen LogP contribution in [0, 0.1) is 6.92 Å². The average Bonchev–Trinajstić information content (AvgIpc) is 2.92. The van der Waals surface area contributed by atoms with Crippen LogP contribution in [0.2, 0.25) is 0 Å². The first kappa shape index (κ1) is 11.8. The van der Waals surface area contributed by atoms with Crippen molar-refractivity contribution in [2.75, 3.05) is 0 Å². The molecule has 0 aliphatic carbocycles. The first-order valence-electron chi connectivity index (χ1n) is 6.67. The van der Waals surface area contributed by atoms with Crippen LogP contribution in [0.4, 0.5) is 0 Å². The number of nitrogens with one attached hydrogen (secondary N) is 1. The van der Waals surface area contributed by atoms with Crippen LogP contribution in [0.5, 0.6) is 0 Å². The maximum absolute atomic E-state index is 12.4. The molecule has 0 saturated heterocycles. The highest BCUT2D eigenvalue weighted by Crippen LogP contribution is 2.20. The molecule has 0 spiro atoms. The van der Waals surface area contributed by atoms with Gasteiger partial charge in [0, 0.05) is 6.20 Å². The van der Waals surface area contributed by atoms with Crippen LogP contribution in [0.1, 0.15) is 5.56 Å². The molecule has 3 heterocycles. The lowest BCUT2D eigenvalue weighted by Crippen LogP contribution is -2.11. The van der Waals surface area contributed by atoms with Crippen molar-refractivity contribution >= 4 is 16.6 Å². The summed E-state index contributed by atoms with van der Waals surface area (Å²) in [5.41, 5.74) is 2.99. The highest BCUT2D eigenvalue weighted by Gasteiger charge is 2.12. The van der Waals surface area contributed by atoms with Crippen molar-refractivity contribution in [3.8, 4) is 11.4 Å². The third-order valence-electron chi connectivity index (χ3n) is 3.64. The summed E-state index contributed by atoms with van der Waals surface area (Å²) in [6.45, 7) is 1.98. The summed E-state index contributed by atoms with van der Waals surface area (Å²) < 4.78 is 1.81. The third kappa shape index (κ3) is 1.74. The summed E-state index contributed by atoms with van der Waals surface area (Å²) in [6.07, 6.45) is 1.85. The number of aryl methyl sites for hydroxylation is 1. The second kappa shape index (κ2) is 4.28. The minimum absolute atomic E-state index is 0.157. The van der Waals surface area contributed by atoms with Crippen LogP contribution in [0.15, 0.2) is 53.5 Å². The maximum Gasteiger partial charge on any atom is 0.259 e. The number of para-hydroxylation sites is 1. The Bertz CT molecular complexity index is 1030. The number of nitrogens with zero attached hydrogens (tertiary/aromatic N) is 3. The van der Waals surface area contributed by atoms with Gasteiger partial charge in [-0.05, 0) is 36.1 Å². The Labute approximate surface area is 119 Å². The Morgan fingerprint density at radius 2 is 2.00 bits per heavy atom. The molecule has 0 aliphatic rings. The van der Waals surface area contributed by atoms with Gasteiger partial charge in [-0.1, -0.05) is 24.3 Å². The molecule has 5 heteroatoms. The molecule has 1 N–H and O–H groups in total. The van der Waals surface area contributed by atoms with Crippen LogP contribution in [-0.2, 0) is 0 Å². The average molecular weight is 276 g/mol. The summed E-state index contributed by atoms with van der Waals surface area (Å²) in [5.74, 6) is 0.551. The van der Waals surface area contributed by atoms with Crippen molar-refractivity contribution in [1.82, 2.24) is 19.6 Å². The first-order chi connectivity index (χ1) is 10.2. The summed E-state index contributed by atoms with van der Waals surface area (Å²) in [6, 6.07) is 13.4. The van der Waals surface area contributed by atoms with Crippen molar-refractivity contribution in [3.63, 3.8) is 0 Å². The SMILES string of the molecule is Cc1cccc2cc(-c3nnc4ccccn34)c(=O)[nH]c12. The highest BCUT2D eigenvalue weighted by molar-refractivity contribution is 5.85. The molecule has 0 fully saturated rings. The van der Waals surface area contributed by atoms with Gasteiger partial charge in [0.25, 0.3) is 5.56 Å². The van der Waals surface area contributed by atoms with E-state index in [2.05, 4.69) is 15.2 Å². The van der Waals surface area contributed by atoms with E-state index in [1.54, 1.807) is 0 Å². The van der Waals surface area contributed by atoms with E-state index in [9.17, 15) is 4.79 Å². The van der Waals surface area contributed by atoms with E-state index in [0.29, 0.717) is 11.4 Å². The van der Waals surface area contributed by atoms with E-state index in [1.807, 2.05) is 60.0 Å². The largest absolute Gasteiger partial charge is 0.321 e. The van der Waals surface area contributed by atoms with Gasteiger partial charge in [-0.15, -0.1) is 10.2 Å². The molecule has 0 atom stereocenters. The minimum atomic E-state index is -0.157. The molecule has 0 amide bonds. The summed E-state index contributed by atoms with van der Waals surface area (Å²) >= 11 is 0. The van der Waals surface area contributed by atoms with Gasteiger partial charge < -0.3 is 4.98 Å². The molecule has 0 radical (unpaired) electrons. The fourth-order valence-electron chi connectivity index (χ4n) is 2.57. The van der Waals surface area contributed by atoms with Crippen LogP contribution in [0.3, 0.4) is 0 Å². The van der Waals surface area contributed by atoms with E-state index in [4.69, 9.17) is 0 Å². The molecular formula is C16H12N4O. The highest BCUT2D eigenvalue weighted by atomic mass is 16.1. The van der Waals surface area contributed by atoms with Crippen molar-refractivity contribution < 1.29 is 0 Å². The number of rotatable bonds is 1. The number of hydrogen-bond donors (Lipinski definition) is 1. The second-order valence-electron chi connectivity index (χ2n) is 5.00. The predicted octanol–water partition coefficient (Wildman–Crippen LogP) is 2.55. The number of benzene rings is 1. The summed E-state index contributed by atoms with van der Waals surface area (Å²) in [4.78, 5) is 15.3. The molecule has 21 heavy (non-hydrogen) atoms. The molecule has 3 aromatic heterocycles. The van der Waals surface area contributed by atoms with Gasteiger partial charge in [-0.2, -0.15) is 0 Å². The Morgan fingerprint density at radius 3 is 2.90 bits per heavy atom. The van der Waals surface area contributed by atoms with Gasteiger partial charge in [0.05, 0.1) is 11.1 Å². The van der Waals surface area contributed by atoms with E-state index >= 15 is 0 Å². The lowest BCUT2D eigenvalue weighted by Gasteiger charge is -2.04. The quantitative estimate of drug-likeness (QED) is 0.581. The smallest absolute Gasteiger partial charge is 0.259 e. The lowest BCUT2D eigenvalue weighted by molar-refractivity contribution is 1.10. The topological polar surface area (TPSA) is 63.1 Å². The van der Waals surface area contributed by atoms with Crippen LogP contribution in [-0.4, -0.2) is 19.6 Å². The van der Waals surface area contributed by atoms with E-state index < -0.39 is 0 Å². The van der Waals surface area contributed by atoms with Crippen molar-refractivity contribution in [1.29, 1.82) is 0 Å². The van der Waals surface area contributed by atoms with E-state index in [-0.39, 0.29) is 5.56 Å². The zero-order valence-corrected chi connectivity index (χ0v) is 11.4. The zero-order chi connectivity index (χ0) is 14.4. The number of aromatic nitrogens is 4. The van der Waals surface area contributed by atoms with Crippen molar-refractivity contribution in [2.24, 2.45) is 0 Å². The van der Waals surface area contributed by atoms with E-state index in [1.165, 1.54) is 0 Å². The summed E-state index contributed by atoms with van der Waals surface area (Å²) in [7, 11) is 0. The van der Waals surface area contributed by atoms with Gasteiger partial charge in [-0.25, -0.2) is 0 Å². The Hall–Kier alpha value is -2.95. The standard InChI is InChI=1S/C16H12N4O/c1-10-5-4-6-11-9-12(16(21)17-14(10)11)15-19-18-13-7-2-3-8-20(13)15/h2-9H,1H3,(H,17,21). The second-order valence-corrected chi connectivity index (χ2v) is 5.00. The third-order valence-corrected chi connectivity index (χ3v) is 3.64. The number of pyridine rings is 2. The number of H-pyrrole nitrogens is 1. The number of hydrogen-bond acceptors (Lipinski definition) is 3. The molecule has 4 rings (SSSR count).